The summed E-state index contributed by atoms with van der Waals surface area (Å²) < 4.78 is 0. The fraction of sp³-hybridized carbons (Fsp3) is 0.455. The van der Waals surface area contributed by atoms with Crippen molar-refractivity contribution in [2.24, 2.45) is 5.92 Å². The van der Waals surface area contributed by atoms with Crippen molar-refractivity contribution in [1.82, 2.24) is 25.2 Å². The lowest BCUT2D eigenvalue weighted by molar-refractivity contribution is 0.239. The number of aromatic nitrogens is 3. The zero-order valence-corrected chi connectivity index (χ0v) is 17.3. The second kappa shape index (κ2) is 8.30. The fourth-order valence-corrected chi connectivity index (χ4v) is 4.81. The Morgan fingerprint density at radius 3 is 2.93 bits per heavy atom. The summed E-state index contributed by atoms with van der Waals surface area (Å²) >= 11 is 6.46. The summed E-state index contributed by atoms with van der Waals surface area (Å²) in [6.07, 6.45) is 7.39. The highest BCUT2D eigenvalue weighted by Crippen LogP contribution is 2.32. The van der Waals surface area contributed by atoms with Gasteiger partial charge in [-0.1, -0.05) is 29.8 Å². The molecule has 0 amide bonds. The molecular weight excluding hydrogens is 384 g/mol. The molecule has 1 unspecified atom stereocenters. The third kappa shape index (κ3) is 4.10. The monoisotopic (exact) mass is 410 g/mol. The van der Waals surface area contributed by atoms with E-state index < -0.39 is 0 Å². The van der Waals surface area contributed by atoms with Crippen LogP contribution < -0.4 is 10.6 Å². The van der Waals surface area contributed by atoms with Crippen LogP contribution in [0.5, 0.6) is 0 Å². The number of nitrogens with one attached hydrogen (secondary N) is 3. The normalized spacial score (nSPS) is 21.1. The van der Waals surface area contributed by atoms with E-state index in [1.54, 1.807) is 6.20 Å². The Balaban J connectivity index is 1.28. The Bertz CT molecular complexity index is 980. The Morgan fingerprint density at radius 1 is 1.17 bits per heavy atom. The van der Waals surface area contributed by atoms with Crippen molar-refractivity contribution in [2.75, 3.05) is 38.0 Å². The number of anilines is 1. The molecule has 0 saturated carbocycles. The van der Waals surface area contributed by atoms with Crippen molar-refractivity contribution in [1.29, 1.82) is 0 Å². The Hall–Kier alpha value is -2.15. The van der Waals surface area contributed by atoms with Crippen molar-refractivity contribution < 1.29 is 0 Å². The van der Waals surface area contributed by atoms with E-state index in [9.17, 15) is 0 Å². The summed E-state index contributed by atoms with van der Waals surface area (Å²) in [7, 11) is 0. The second-order valence-electron chi connectivity index (χ2n) is 8.22. The van der Waals surface area contributed by atoms with Crippen molar-refractivity contribution in [3.63, 3.8) is 0 Å². The van der Waals surface area contributed by atoms with Gasteiger partial charge in [-0.15, -0.1) is 0 Å². The van der Waals surface area contributed by atoms with Crippen LogP contribution in [0.15, 0.2) is 36.7 Å². The number of rotatable bonds is 5. The van der Waals surface area contributed by atoms with E-state index in [1.807, 2.05) is 18.3 Å². The number of piperidine rings is 1. The molecule has 0 aliphatic carbocycles. The molecule has 5 rings (SSSR count). The van der Waals surface area contributed by atoms with Gasteiger partial charge in [-0.3, -0.25) is 0 Å². The highest BCUT2D eigenvalue weighted by molar-refractivity contribution is 6.33. The van der Waals surface area contributed by atoms with Gasteiger partial charge in [0.15, 0.2) is 0 Å². The molecule has 2 aliphatic rings. The van der Waals surface area contributed by atoms with Crippen molar-refractivity contribution >= 4 is 28.5 Å². The van der Waals surface area contributed by atoms with E-state index in [-0.39, 0.29) is 0 Å². The third-order valence-electron chi connectivity index (χ3n) is 6.17. The van der Waals surface area contributed by atoms with Gasteiger partial charge in [0.25, 0.3) is 0 Å². The quantitative estimate of drug-likeness (QED) is 0.597. The predicted octanol–water partition coefficient (Wildman–Crippen LogP) is 3.76. The minimum Gasteiger partial charge on any atom is -0.360 e. The zero-order valence-electron chi connectivity index (χ0n) is 16.5. The van der Waals surface area contributed by atoms with Gasteiger partial charge in [-0.2, -0.15) is 0 Å². The molecule has 29 heavy (non-hydrogen) atoms. The number of hydrogen-bond acceptors (Lipinski definition) is 5. The lowest BCUT2D eigenvalue weighted by Crippen LogP contribution is -2.36. The summed E-state index contributed by atoms with van der Waals surface area (Å²) in [6, 6.07) is 8.58. The molecule has 3 N–H and O–H groups in total. The predicted molar refractivity (Wildman–Crippen MR) is 118 cm³/mol. The molecule has 0 spiro atoms. The number of halogens is 1. The van der Waals surface area contributed by atoms with Crippen LogP contribution in [0.2, 0.25) is 5.02 Å². The summed E-state index contributed by atoms with van der Waals surface area (Å²) in [4.78, 5) is 15.1. The van der Waals surface area contributed by atoms with E-state index in [1.165, 1.54) is 19.4 Å². The Labute approximate surface area is 176 Å². The van der Waals surface area contributed by atoms with Crippen LogP contribution in [0.1, 0.15) is 19.3 Å². The standard InChI is InChI=1S/C22H27ClN6/c23-19-12-26-22(28-21(19)18-11-25-20-4-2-1-3-17(18)20)27-16-7-10-29(14-16)13-15-5-8-24-9-6-15/h1-4,11-12,15-16,24-25H,5-10,13-14H2,(H,26,27,28). The Morgan fingerprint density at radius 2 is 2.03 bits per heavy atom. The van der Waals surface area contributed by atoms with Crippen LogP contribution in [0.4, 0.5) is 5.95 Å². The highest BCUT2D eigenvalue weighted by Gasteiger charge is 2.26. The van der Waals surface area contributed by atoms with E-state index in [2.05, 4.69) is 37.6 Å². The first-order valence-corrected chi connectivity index (χ1v) is 10.9. The summed E-state index contributed by atoms with van der Waals surface area (Å²) in [5, 5.41) is 8.68. The number of benzene rings is 1. The molecule has 0 bridgehead atoms. The number of aromatic amines is 1. The summed E-state index contributed by atoms with van der Waals surface area (Å²) in [5.41, 5.74) is 2.86. The fourth-order valence-electron chi connectivity index (χ4n) is 4.62. The number of likely N-dealkylation sites (tertiary alicyclic amines) is 1. The summed E-state index contributed by atoms with van der Waals surface area (Å²) in [6.45, 7) is 5.73. The van der Waals surface area contributed by atoms with Crippen LogP contribution >= 0.6 is 11.6 Å². The van der Waals surface area contributed by atoms with Crippen LogP contribution in [-0.4, -0.2) is 58.6 Å². The molecule has 2 saturated heterocycles. The topological polar surface area (TPSA) is 68.9 Å². The number of fused-ring (bicyclic) bond motifs is 1. The largest absolute Gasteiger partial charge is 0.360 e. The first-order chi connectivity index (χ1) is 14.3. The molecule has 4 heterocycles. The highest BCUT2D eigenvalue weighted by atomic mass is 35.5. The summed E-state index contributed by atoms with van der Waals surface area (Å²) in [5.74, 6) is 1.48. The van der Waals surface area contributed by atoms with Gasteiger partial charge in [0.2, 0.25) is 5.95 Å². The molecular formula is C22H27ClN6. The maximum Gasteiger partial charge on any atom is 0.223 e. The van der Waals surface area contributed by atoms with Gasteiger partial charge >= 0.3 is 0 Å². The van der Waals surface area contributed by atoms with Gasteiger partial charge in [-0.05, 0) is 44.3 Å². The van der Waals surface area contributed by atoms with Gasteiger partial charge in [0, 0.05) is 48.3 Å². The van der Waals surface area contributed by atoms with Crippen LogP contribution in [0, 0.1) is 5.92 Å². The third-order valence-corrected chi connectivity index (χ3v) is 6.45. The van der Waals surface area contributed by atoms with Crippen molar-refractivity contribution in [3.8, 4) is 11.3 Å². The van der Waals surface area contributed by atoms with Crippen LogP contribution in [0.3, 0.4) is 0 Å². The maximum absolute atomic E-state index is 6.46. The molecule has 2 aliphatic heterocycles. The van der Waals surface area contributed by atoms with Crippen molar-refractivity contribution in [2.45, 2.75) is 25.3 Å². The molecule has 7 heteroatoms. The molecule has 0 radical (unpaired) electrons. The second-order valence-corrected chi connectivity index (χ2v) is 8.63. The molecule has 2 aromatic heterocycles. The number of H-pyrrole nitrogens is 1. The molecule has 6 nitrogen and oxygen atoms in total. The average Bonchev–Trinajstić information content (AvgIpc) is 3.37. The van der Waals surface area contributed by atoms with Crippen LogP contribution in [0.25, 0.3) is 22.2 Å². The average molecular weight is 411 g/mol. The van der Waals surface area contributed by atoms with Gasteiger partial charge < -0.3 is 20.5 Å². The van der Waals surface area contributed by atoms with E-state index in [0.717, 1.165) is 60.7 Å². The lowest BCUT2D eigenvalue weighted by atomic mass is 9.98. The SMILES string of the molecule is Clc1cnc(NC2CCN(CC3CCNCC3)C2)nc1-c1c[nH]c2ccccc12. The molecule has 1 atom stereocenters. The molecule has 1 aromatic carbocycles. The molecule has 152 valence electrons. The molecule has 2 fully saturated rings. The van der Waals surface area contributed by atoms with E-state index >= 15 is 0 Å². The minimum atomic E-state index is 0.383. The lowest BCUT2D eigenvalue weighted by Gasteiger charge is -2.27. The zero-order chi connectivity index (χ0) is 19.6. The molecule has 3 aromatic rings. The minimum absolute atomic E-state index is 0.383. The number of hydrogen-bond donors (Lipinski definition) is 3. The van der Waals surface area contributed by atoms with Gasteiger partial charge in [0.1, 0.15) is 0 Å². The van der Waals surface area contributed by atoms with Gasteiger partial charge in [0.05, 0.1) is 16.9 Å². The van der Waals surface area contributed by atoms with Crippen LogP contribution in [-0.2, 0) is 0 Å². The van der Waals surface area contributed by atoms with Crippen molar-refractivity contribution in [3.05, 3.63) is 41.7 Å². The van der Waals surface area contributed by atoms with Gasteiger partial charge in [-0.25, -0.2) is 9.97 Å². The smallest absolute Gasteiger partial charge is 0.223 e. The number of para-hydroxylation sites is 1. The van der Waals surface area contributed by atoms with E-state index in [4.69, 9.17) is 16.6 Å². The van der Waals surface area contributed by atoms with E-state index in [0.29, 0.717) is 17.0 Å². The Kier molecular flexibility index (Phi) is 5.40. The maximum atomic E-state index is 6.46. The first-order valence-electron chi connectivity index (χ1n) is 10.5. The number of nitrogens with zero attached hydrogens (tertiary/aromatic N) is 3. The first kappa shape index (κ1) is 18.9.